The molecule has 2 rings (SSSR count). The van der Waals surface area contributed by atoms with Gasteiger partial charge in [0.2, 0.25) is 5.95 Å². The van der Waals surface area contributed by atoms with E-state index in [-0.39, 0.29) is 5.95 Å². The first-order chi connectivity index (χ1) is 8.31. The molecular weight excluding hydrogens is 216 g/mol. The van der Waals surface area contributed by atoms with Gasteiger partial charge in [-0.15, -0.1) is 0 Å². The minimum atomic E-state index is 0.262. The van der Waals surface area contributed by atoms with E-state index in [1.807, 2.05) is 0 Å². The molecule has 0 atom stereocenters. The summed E-state index contributed by atoms with van der Waals surface area (Å²) in [5, 5.41) is 3.26. The lowest BCUT2D eigenvalue weighted by Crippen LogP contribution is -2.06. The summed E-state index contributed by atoms with van der Waals surface area (Å²) in [7, 11) is 0. The molecule has 0 fully saturated rings. The summed E-state index contributed by atoms with van der Waals surface area (Å²) >= 11 is 0. The van der Waals surface area contributed by atoms with Crippen LogP contribution in [-0.4, -0.2) is 26.5 Å². The molecule has 0 aromatic carbocycles. The monoisotopic (exact) mass is 234 g/mol. The lowest BCUT2D eigenvalue weighted by Gasteiger charge is -2.06. The molecule has 0 unspecified atom stereocenters. The number of aromatic nitrogens is 4. The predicted octanol–water partition coefficient (Wildman–Crippen LogP) is 1.93. The number of H-pyrrole nitrogens is 1. The first-order valence-corrected chi connectivity index (χ1v) is 6.01. The van der Waals surface area contributed by atoms with E-state index in [9.17, 15) is 0 Å². The predicted molar refractivity (Wildman–Crippen MR) is 68.7 cm³/mol. The zero-order valence-electron chi connectivity index (χ0n) is 10.0. The van der Waals surface area contributed by atoms with Crippen molar-refractivity contribution >= 4 is 22.9 Å². The molecule has 2 aromatic heterocycles. The minimum Gasteiger partial charge on any atom is -0.368 e. The summed E-state index contributed by atoms with van der Waals surface area (Å²) < 4.78 is 0. The third-order valence-electron chi connectivity index (χ3n) is 2.62. The van der Waals surface area contributed by atoms with E-state index < -0.39 is 0 Å². The Bertz CT molecular complexity index is 478. The molecule has 2 heterocycles. The minimum absolute atomic E-state index is 0.262. The molecule has 4 N–H and O–H groups in total. The molecule has 2 aromatic rings. The lowest BCUT2D eigenvalue weighted by atomic mass is 10.2. The van der Waals surface area contributed by atoms with Crippen LogP contribution in [0.25, 0.3) is 11.2 Å². The van der Waals surface area contributed by atoms with Crippen LogP contribution >= 0.6 is 0 Å². The highest BCUT2D eigenvalue weighted by Gasteiger charge is 2.07. The molecule has 0 bridgehead atoms. The van der Waals surface area contributed by atoms with Crippen LogP contribution in [0.3, 0.4) is 0 Å². The Morgan fingerprint density at radius 3 is 3.00 bits per heavy atom. The Kier molecular flexibility index (Phi) is 3.74. The number of hydrogen-bond donors (Lipinski definition) is 3. The van der Waals surface area contributed by atoms with Crippen LogP contribution in [0.4, 0.5) is 11.8 Å². The van der Waals surface area contributed by atoms with Gasteiger partial charge in [0.1, 0.15) is 5.52 Å². The van der Waals surface area contributed by atoms with Crippen molar-refractivity contribution in [2.75, 3.05) is 17.6 Å². The number of rotatable bonds is 6. The van der Waals surface area contributed by atoms with Crippen LogP contribution in [0.1, 0.15) is 32.6 Å². The van der Waals surface area contributed by atoms with Crippen LogP contribution in [0, 0.1) is 0 Å². The molecule has 92 valence electrons. The van der Waals surface area contributed by atoms with Crippen molar-refractivity contribution in [1.82, 2.24) is 19.9 Å². The number of nitrogens with two attached hydrogens (primary N) is 1. The Morgan fingerprint density at radius 1 is 1.29 bits per heavy atom. The quantitative estimate of drug-likeness (QED) is 0.664. The van der Waals surface area contributed by atoms with Gasteiger partial charge in [-0.1, -0.05) is 26.2 Å². The molecule has 6 nitrogen and oxygen atoms in total. The second-order valence-corrected chi connectivity index (χ2v) is 4.02. The number of anilines is 2. The van der Waals surface area contributed by atoms with E-state index in [1.165, 1.54) is 19.3 Å². The van der Waals surface area contributed by atoms with E-state index in [4.69, 9.17) is 5.73 Å². The second-order valence-electron chi connectivity index (χ2n) is 4.02. The maximum absolute atomic E-state index is 5.63. The van der Waals surface area contributed by atoms with Crippen molar-refractivity contribution in [3.63, 3.8) is 0 Å². The Balaban J connectivity index is 2.00. The fourth-order valence-electron chi connectivity index (χ4n) is 1.73. The molecule has 0 aliphatic rings. The number of imidazole rings is 1. The van der Waals surface area contributed by atoms with Gasteiger partial charge in [0, 0.05) is 6.54 Å². The lowest BCUT2D eigenvalue weighted by molar-refractivity contribution is 0.684. The maximum atomic E-state index is 5.63. The molecule has 0 radical (unpaired) electrons. The number of aromatic amines is 1. The van der Waals surface area contributed by atoms with Gasteiger partial charge in [0.15, 0.2) is 11.5 Å². The standard InChI is InChI=1S/C11H18N6/c1-2-3-4-5-6-13-9-8-10(15-7-14-8)17-11(12)16-9/h7H,2-6H2,1H3,(H4,12,13,14,15,16,17). The summed E-state index contributed by atoms with van der Waals surface area (Å²) in [6.45, 7) is 3.09. The summed E-state index contributed by atoms with van der Waals surface area (Å²) in [6, 6.07) is 0. The number of nitrogens with zero attached hydrogens (tertiary/aromatic N) is 3. The van der Waals surface area contributed by atoms with Crippen molar-refractivity contribution in [3.05, 3.63) is 6.33 Å². The van der Waals surface area contributed by atoms with Gasteiger partial charge in [0.05, 0.1) is 6.33 Å². The maximum Gasteiger partial charge on any atom is 0.224 e. The van der Waals surface area contributed by atoms with E-state index in [0.717, 1.165) is 18.5 Å². The second kappa shape index (κ2) is 5.47. The van der Waals surface area contributed by atoms with Gasteiger partial charge < -0.3 is 16.0 Å². The van der Waals surface area contributed by atoms with E-state index in [1.54, 1.807) is 6.33 Å². The number of unbranched alkanes of at least 4 members (excludes halogenated alkanes) is 3. The molecule has 0 saturated carbocycles. The summed E-state index contributed by atoms with van der Waals surface area (Å²) in [5.41, 5.74) is 7.05. The average Bonchev–Trinajstić information content (AvgIpc) is 2.76. The molecule has 0 aliphatic heterocycles. The van der Waals surface area contributed by atoms with Crippen LogP contribution in [0.2, 0.25) is 0 Å². The first kappa shape index (κ1) is 11.6. The molecule has 0 spiro atoms. The van der Waals surface area contributed by atoms with Crippen LogP contribution in [-0.2, 0) is 0 Å². The Hall–Kier alpha value is -1.85. The average molecular weight is 234 g/mol. The number of nitrogens with one attached hydrogen (secondary N) is 2. The van der Waals surface area contributed by atoms with Gasteiger partial charge in [-0.25, -0.2) is 4.98 Å². The molecule has 0 amide bonds. The highest BCUT2D eigenvalue weighted by molar-refractivity contribution is 5.83. The SMILES string of the molecule is CCCCCCNc1nc(N)nc2[nH]cnc12. The molecule has 0 aliphatic carbocycles. The van der Waals surface area contributed by atoms with Gasteiger partial charge in [-0.3, -0.25) is 0 Å². The summed E-state index contributed by atoms with van der Waals surface area (Å²) in [6.07, 6.45) is 6.47. The molecule has 6 heteroatoms. The van der Waals surface area contributed by atoms with Gasteiger partial charge in [-0.2, -0.15) is 9.97 Å². The van der Waals surface area contributed by atoms with Gasteiger partial charge >= 0.3 is 0 Å². The van der Waals surface area contributed by atoms with Gasteiger partial charge in [0.25, 0.3) is 0 Å². The Labute approximate surface area is 100 Å². The van der Waals surface area contributed by atoms with Gasteiger partial charge in [-0.05, 0) is 6.42 Å². The zero-order valence-corrected chi connectivity index (χ0v) is 10.0. The number of fused-ring (bicyclic) bond motifs is 1. The number of nitrogen functional groups attached to an aromatic ring is 1. The van der Waals surface area contributed by atoms with Crippen LogP contribution in [0.15, 0.2) is 6.33 Å². The highest BCUT2D eigenvalue weighted by atomic mass is 15.1. The molecule has 17 heavy (non-hydrogen) atoms. The molecule has 0 saturated heterocycles. The van der Waals surface area contributed by atoms with E-state index in [2.05, 4.69) is 32.2 Å². The third-order valence-corrected chi connectivity index (χ3v) is 2.62. The Morgan fingerprint density at radius 2 is 2.18 bits per heavy atom. The van der Waals surface area contributed by atoms with Crippen molar-refractivity contribution in [1.29, 1.82) is 0 Å². The molecular formula is C11H18N6. The zero-order chi connectivity index (χ0) is 12.1. The summed E-state index contributed by atoms with van der Waals surface area (Å²) in [4.78, 5) is 15.3. The topological polar surface area (TPSA) is 92.5 Å². The smallest absolute Gasteiger partial charge is 0.224 e. The van der Waals surface area contributed by atoms with Crippen LogP contribution in [0.5, 0.6) is 0 Å². The van der Waals surface area contributed by atoms with Crippen molar-refractivity contribution in [3.8, 4) is 0 Å². The summed E-state index contributed by atoms with van der Waals surface area (Å²) in [5.74, 6) is 0.975. The van der Waals surface area contributed by atoms with Crippen molar-refractivity contribution < 1.29 is 0 Å². The van der Waals surface area contributed by atoms with Crippen LogP contribution < -0.4 is 11.1 Å². The van der Waals surface area contributed by atoms with Crippen molar-refractivity contribution in [2.24, 2.45) is 0 Å². The first-order valence-electron chi connectivity index (χ1n) is 6.01. The fourth-order valence-corrected chi connectivity index (χ4v) is 1.73. The third kappa shape index (κ3) is 2.83. The van der Waals surface area contributed by atoms with E-state index >= 15 is 0 Å². The highest BCUT2D eigenvalue weighted by Crippen LogP contribution is 2.17. The number of hydrogen-bond acceptors (Lipinski definition) is 5. The van der Waals surface area contributed by atoms with Crippen molar-refractivity contribution in [2.45, 2.75) is 32.6 Å². The van der Waals surface area contributed by atoms with E-state index in [0.29, 0.717) is 11.5 Å². The largest absolute Gasteiger partial charge is 0.368 e. The fraction of sp³-hybridized carbons (Fsp3) is 0.545. The normalized spacial score (nSPS) is 10.9.